The minimum Gasteiger partial charge on any atom is -0.389 e. The van der Waals surface area contributed by atoms with Crippen molar-refractivity contribution in [1.82, 2.24) is 0 Å². The van der Waals surface area contributed by atoms with Crippen LogP contribution in [0.3, 0.4) is 0 Å². The zero-order valence-electron chi connectivity index (χ0n) is 16.7. The van der Waals surface area contributed by atoms with Crippen LogP contribution in [0, 0.1) is 13.8 Å². The second kappa shape index (κ2) is 9.51. The lowest BCUT2D eigenvalue weighted by molar-refractivity contribution is -0.138. The van der Waals surface area contributed by atoms with Gasteiger partial charge in [-0.15, -0.1) is 0 Å². The maximum Gasteiger partial charge on any atom is 0.345 e. The van der Waals surface area contributed by atoms with Gasteiger partial charge in [-0.05, 0) is 54.8 Å². The molecule has 152 valence electrons. The Bertz CT molecular complexity index is 1070. The van der Waals surface area contributed by atoms with Crippen molar-refractivity contribution in [2.75, 3.05) is 0 Å². The maximum atomic E-state index is 12.7. The summed E-state index contributed by atoms with van der Waals surface area (Å²) in [4.78, 5) is 37.0. The van der Waals surface area contributed by atoms with Crippen molar-refractivity contribution in [2.24, 2.45) is 0 Å². The van der Waals surface area contributed by atoms with Crippen LogP contribution in [0.4, 0.5) is 0 Å². The van der Waals surface area contributed by atoms with Gasteiger partial charge in [0.25, 0.3) is 5.24 Å². The summed E-state index contributed by atoms with van der Waals surface area (Å²) in [5, 5.41) is -0.602. The predicted octanol–water partition coefficient (Wildman–Crippen LogP) is 5.59. The fourth-order valence-corrected chi connectivity index (χ4v) is 3.47. The van der Waals surface area contributed by atoms with E-state index in [2.05, 4.69) is 0 Å². The van der Waals surface area contributed by atoms with E-state index < -0.39 is 23.1 Å². The molecular weight excluding hydrogens is 400 g/mol. The number of carbonyl (C=O) groups is 3. The third-order valence-corrected chi connectivity index (χ3v) is 5.06. The number of carbonyl (C=O) groups excluding carboxylic acids is 3. The lowest BCUT2D eigenvalue weighted by atomic mass is 9.85. The first-order chi connectivity index (χ1) is 14.3. The molecule has 4 nitrogen and oxygen atoms in total. The van der Waals surface area contributed by atoms with Gasteiger partial charge in [0.05, 0.1) is 12.0 Å². The van der Waals surface area contributed by atoms with Crippen molar-refractivity contribution in [3.05, 3.63) is 106 Å². The summed E-state index contributed by atoms with van der Waals surface area (Å²) >= 11 is 5.80. The number of esters is 2. The Hall–Kier alpha value is -3.24. The topological polar surface area (TPSA) is 60.4 Å². The minimum atomic E-state index is -0.704. The molecule has 0 spiro atoms. The van der Waals surface area contributed by atoms with Gasteiger partial charge in [-0.1, -0.05) is 65.7 Å². The zero-order valence-corrected chi connectivity index (χ0v) is 17.5. The van der Waals surface area contributed by atoms with Crippen LogP contribution in [0.25, 0.3) is 0 Å². The second-order valence-electron chi connectivity index (χ2n) is 7.16. The summed E-state index contributed by atoms with van der Waals surface area (Å²) < 4.78 is 5.08. The monoisotopic (exact) mass is 420 g/mol. The first-order valence-corrected chi connectivity index (χ1v) is 9.90. The predicted molar refractivity (Wildman–Crippen MR) is 116 cm³/mol. The van der Waals surface area contributed by atoms with Crippen LogP contribution in [0.1, 0.15) is 55.3 Å². The average Bonchev–Trinajstić information content (AvgIpc) is 2.72. The molecule has 3 rings (SSSR count). The number of rotatable bonds is 6. The normalized spacial score (nSPS) is 11.6. The summed E-state index contributed by atoms with van der Waals surface area (Å²) in [7, 11) is 0. The van der Waals surface area contributed by atoms with Gasteiger partial charge in [-0.25, -0.2) is 4.79 Å². The Morgan fingerprint density at radius 3 is 2.13 bits per heavy atom. The van der Waals surface area contributed by atoms with Gasteiger partial charge in [-0.2, -0.15) is 0 Å². The van der Waals surface area contributed by atoms with E-state index in [0.717, 1.165) is 16.7 Å². The Morgan fingerprint density at radius 2 is 1.50 bits per heavy atom. The molecule has 0 aliphatic heterocycles. The molecule has 0 bridgehead atoms. The molecule has 0 aliphatic carbocycles. The fourth-order valence-electron chi connectivity index (χ4n) is 3.30. The number of ether oxygens (including phenoxy) is 1. The standard InChI is InChI=1S/C25H21ClO4/c1-16-8-11-19(12-9-16)25(29)30-23(27)15-21(18-6-4-3-5-7-18)22-14-17(2)10-13-20(22)24(26)28/h3-14,21H,15H2,1-2H3. The molecule has 0 aromatic heterocycles. The molecule has 3 aromatic rings. The Kier molecular flexibility index (Phi) is 6.80. The molecule has 5 heteroatoms. The average molecular weight is 421 g/mol. The van der Waals surface area contributed by atoms with Crippen LogP contribution in [-0.4, -0.2) is 17.2 Å². The zero-order chi connectivity index (χ0) is 21.7. The highest BCUT2D eigenvalue weighted by Crippen LogP contribution is 2.32. The van der Waals surface area contributed by atoms with Crippen LogP contribution >= 0.6 is 11.6 Å². The fraction of sp³-hybridized carbons (Fsp3) is 0.160. The van der Waals surface area contributed by atoms with Crippen molar-refractivity contribution in [1.29, 1.82) is 0 Å². The van der Waals surface area contributed by atoms with Crippen LogP contribution in [-0.2, 0) is 9.53 Å². The molecule has 30 heavy (non-hydrogen) atoms. The smallest absolute Gasteiger partial charge is 0.345 e. The molecule has 0 amide bonds. The molecule has 0 fully saturated rings. The lowest BCUT2D eigenvalue weighted by Gasteiger charge is -2.20. The molecule has 0 N–H and O–H groups in total. The van der Waals surface area contributed by atoms with E-state index in [4.69, 9.17) is 16.3 Å². The van der Waals surface area contributed by atoms with Gasteiger partial charge in [0, 0.05) is 11.5 Å². The molecule has 0 radical (unpaired) electrons. The summed E-state index contributed by atoms with van der Waals surface area (Å²) in [5.74, 6) is -1.87. The number of aryl methyl sites for hydroxylation is 2. The highest BCUT2D eigenvalue weighted by molar-refractivity contribution is 6.68. The van der Waals surface area contributed by atoms with E-state index in [0.29, 0.717) is 16.7 Å². The van der Waals surface area contributed by atoms with Crippen LogP contribution < -0.4 is 0 Å². The Morgan fingerprint density at radius 1 is 0.867 bits per heavy atom. The second-order valence-corrected chi connectivity index (χ2v) is 7.50. The molecule has 1 unspecified atom stereocenters. The summed E-state index contributed by atoms with van der Waals surface area (Å²) in [5.41, 5.74) is 4.01. The lowest BCUT2D eigenvalue weighted by Crippen LogP contribution is -2.17. The van der Waals surface area contributed by atoms with E-state index in [1.54, 1.807) is 36.4 Å². The van der Waals surface area contributed by atoms with Gasteiger partial charge < -0.3 is 4.74 Å². The van der Waals surface area contributed by atoms with Crippen molar-refractivity contribution in [3.8, 4) is 0 Å². The third kappa shape index (κ3) is 5.22. The Balaban J connectivity index is 1.90. The van der Waals surface area contributed by atoms with Crippen molar-refractivity contribution in [2.45, 2.75) is 26.2 Å². The molecule has 0 heterocycles. The molecular formula is C25H21ClO4. The molecule has 0 saturated carbocycles. The van der Waals surface area contributed by atoms with Crippen LogP contribution in [0.5, 0.6) is 0 Å². The maximum absolute atomic E-state index is 12.7. The van der Waals surface area contributed by atoms with Crippen molar-refractivity contribution in [3.63, 3.8) is 0 Å². The molecule has 1 atom stereocenters. The number of halogens is 1. The van der Waals surface area contributed by atoms with E-state index in [-0.39, 0.29) is 6.42 Å². The van der Waals surface area contributed by atoms with Crippen LogP contribution in [0.2, 0.25) is 0 Å². The van der Waals surface area contributed by atoms with E-state index in [1.807, 2.05) is 50.2 Å². The minimum absolute atomic E-state index is 0.109. The number of hydrogen-bond donors (Lipinski definition) is 0. The number of hydrogen-bond acceptors (Lipinski definition) is 4. The quantitative estimate of drug-likeness (QED) is 0.296. The summed E-state index contributed by atoms with van der Waals surface area (Å²) in [6.07, 6.45) is -0.109. The molecule has 0 aliphatic rings. The Labute approximate surface area is 180 Å². The first-order valence-electron chi connectivity index (χ1n) is 9.52. The summed E-state index contributed by atoms with van der Waals surface area (Å²) in [6, 6.07) is 21.4. The third-order valence-electron chi connectivity index (χ3n) is 4.86. The van der Waals surface area contributed by atoms with Crippen molar-refractivity contribution >= 4 is 28.8 Å². The van der Waals surface area contributed by atoms with Gasteiger partial charge >= 0.3 is 11.9 Å². The van der Waals surface area contributed by atoms with Gasteiger partial charge in [0.2, 0.25) is 0 Å². The highest BCUT2D eigenvalue weighted by Gasteiger charge is 2.25. The van der Waals surface area contributed by atoms with Crippen LogP contribution in [0.15, 0.2) is 72.8 Å². The van der Waals surface area contributed by atoms with E-state index in [9.17, 15) is 14.4 Å². The van der Waals surface area contributed by atoms with Crippen molar-refractivity contribution < 1.29 is 19.1 Å². The van der Waals surface area contributed by atoms with Gasteiger partial charge in [-0.3, -0.25) is 9.59 Å². The largest absolute Gasteiger partial charge is 0.389 e. The molecule has 0 saturated heterocycles. The van der Waals surface area contributed by atoms with Gasteiger partial charge in [0.15, 0.2) is 0 Å². The molecule has 3 aromatic carbocycles. The summed E-state index contributed by atoms with van der Waals surface area (Å²) in [6.45, 7) is 3.80. The van der Waals surface area contributed by atoms with E-state index in [1.165, 1.54) is 0 Å². The van der Waals surface area contributed by atoms with Gasteiger partial charge in [0.1, 0.15) is 0 Å². The van der Waals surface area contributed by atoms with E-state index >= 15 is 0 Å². The first kappa shape index (κ1) is 21.5. The highest BCUT2D eigenvalue weighted by atomic mass is 35.5. The SMILES string of the molecule is Cc1ccc(C(=O)OC(=O)CC(c2ccccc2)c2cc(C)ccc2C(=O)Cl)cc1. The number of benzene rings is 3.